The number of anilines is 3. The quantitative estimate of drug-likeness (QED) is 0.0357. The molecule has 148 heavy (non-hydrogen) atoms. The number of carbonyl (C=O) groups excluding carboxylic acids is 5. The number of halogens is 9. The minimum atomic E-state index is -3.27. The molecule has 4 unspecified atom stereocenters. The van der Waals surface area contributed by atoms with E-state index in [4.69, 9.17) is 74.3 Å². The van der Waals surface area contributed by atoms with Gasteiger partial charge in [0.1, 0.15) is 11.6 Å². The third-order valence-corrected chi connectivity index (χ3v) is 32.9. The molecule has 9 heterocycles. The van der Waals surface area contributed by atoms with Crippen molar-refractivity contribution in [1.29, 1.82) is 0 Å². The summed E-state index contributed by atoms with van der Waals surface area (Å²) in [6.07, 6.45) is 14.5. The maximum atomic E-state index is 14.0. The molecular weight excluding hydrogens is 2020 g/mol. The van der Waals surface area contributed by atoms with Gasteiger partial charge in [-0.15, -0.1) is 0 Å². The number of aromatic nitrogens is 10. The molecule has 14 N–H and O–H groups in total. The van der Waals surface area contributed by atoms with Crippen LogP contribution in [0.25, 0.3) is 54.5 Å². The van der Waals surface area contributed by atoms with E-state index in [0.717, 1.165) is 152 Å². The Kier molecular flexibility index (Phi) is 35.0. The van der Waals surface area contributed by atoms with Gasteiger partial charge in [0.2, 0.25) is 0 Å². The molecule has 8 aromatic carbocycles. The van der Waals surface area contributed by atoms with E-state index < -0.39 is 75.7 Å². The lowest BCUT2D eigenvalue weighted by molar-refractivity contribution is -0.159. The first-order valence-corrected chi connectivity index (χ1v) is 52.6. The summed E-state index contributed by atoms with van der Waals surface area (Å²) in [5, 5.41) is 111. The fraction of sp³-hybridized carbons (Fsp3) is 0.468. The number of alkyl halides is 2. The van der Waals surface area contributed by atoms with Crippen LogP contribution >= 0.6 is 69.6 Å². The summed E-state index contributed by atoms with van der Waals surface area (Å²) in [6, 6.07) is 33.1. The van der Waals surface area contributed by atoms with Crippen LogP contribution in [-0.4, -0.2) is 191 Å². The largest absolute Gasteiger partial charge is 0.450 e. The lowest BCUT2D eigenvalue weighted by atomic mass is 9.59. The number of ether oxygens (including phenoxy) is 2. The van der Waals surface area contributed by atoms with Gasteiger partial charge in [-0.25, -0.2) is 33.7 Å². The van der Waals surface area contributed by atoms with Crippen LogP contribution in [0.3, 0.4) is 0 Å². The van der Waals surface area contributed by atoms with E-state index in [9.17, 15) is 62.7 Å². The number of piperidine rings is 4. The molecule has 19 rings (SSSR count). The number of rotatable bonds is 19. The molecule has 4 aliphatic heterocycles. The monoisotopic (exact) mass is 2150 g/mol. The van der Waals surface area contributed by atoms with Gasteiger partial charge in [-0.1, -0.05) is 150 Å². The highest BCUT2D eigenvalue weighted by Crippen LogP contribution is 2.56. The molecule has 9 amide bonds. The summed E-state index contributed by atoms with van der Waals surface area (Å²) < 4.78 is 49.2. The average Bonchev–Trinajstić information content (AvgIpc) is 1.29. The number of carbonyl (C=O) groups is 5. The molecule has 0 spiro atoms. The number of fused-ring (bicyclic) bond motifs is 7. The van der Waals surface area contributed by atoms with Crippen LogP contribution in [0.5, 0.6) is 5.75 Å². The van der Waals surface area contributed by atoms with Gasteiger partial charge in [0.15, 0.2) is 0 Å². The van der Waals surface area contributed by atoms with Gasteiger partial charge in [-0.2, -0.15) is 34.3 Å². The number of nitrogens with one attached hydrogen (secondary N) is 9. The Morgan fingerprint density at radius 2 is 0.716 bits per heavy atom. The number of aromatic amines is 5. The number of hydrogen-bond acceptors (Lipinski definition) is 17. The SMILES string of the molecule is CC(F)(F)Oc1ccc(NC(=O)N2CCC(C(C)(C)C(O)c3cc(Cl)cc4cn[nH]c34)CC2)cc1.CCOC(=O)NC(=O)N1CCC(C(C)(C)C(O)c2cc(Cl)cc3cn[nH]c23)CC1.Cc1ccc(Cl)c(NC(=O)N2CCC(C(C)(C)C(O)c3cc(Cl)cc4cn[nH]c34)CC2)c1.Cc1ccc(F)c(NC(=O)N2CCC(C(C)(C)C(O)c3cc(Cl)cc4cn[nH]c34)CC2)c1.OC1(c2cc(Cl)cc3cn[nH]c23)C2CCCC1CCC2. The second-order valence-corrected chi connectivity index (χ2v) is 45.1. The zero-order valence-electron chi connectivity index (χ0n) is 85.0. The molecule has 30 nitrogen and oxygen atoms in total. The van der Waals surface area contributed by atoms with E-state index in [0.29, 0.717) is 131 Å². The molecular formula is C109H131Cl6F3N18O12. The summed E-state index contributed by atoms with van der Waals surface area (Å²) in [4.78, 5) is 68.6. The second-order valence-electron chi connectivity index (χ2n) is 42.5. The average molecular weight is 2160 g/mol. The van der Waals surface area contributed by atoms with Crippen LogP contribution in [0.1, 0.15) is 222 Å². The molecule has 2 aliphatic carbocycles. The van der Waals surface area contributed by atoms with E-state index in [-0.39, 0.29) is 59.8 Å². The number of imide groups is 1. The molecule has 6 aliphatic rings. The Labute approximate surface area is 887 Å². The molecule has 2 saturated carbocycles. The van der Waals surface area contributed by atoms with Crippen LogP contribution in [0.15, 0.2) is 152 Å². The predicted molar refractivity (Wildman–Crippen MR) is 574 cm³/mol. The van der Waals surface area contributed by atoms with Gasteiger partial charge >= 0.3 is 36.3 Å². The number of nitrogens with zero attached hydrogens (tertiary/aromatic N) is 9. The number of aliphatic hydroxyl groups excluding tert-OH is 4. The molecule has 5 aromatic heterocycles. The number of hydrogen-bond donors (Lipinski definition) is 14. The molecule has 0 radical (unpaired) electrons. The van der Waals surface area contributed by atoms with Crippen LogP contribution < -0.4 is 26.0 Å². The molecule has 13 aromatic rings. The minimum Gasteiger partial charge on any atom is -0.450 e. The number of aliphatic hydroxyl groups is 5. The Hall–Kier alpha value is -11.2. The van der Waals surface area contributed by atoms with E-state index in [1.54, 1.807) is 95.1 Å². The number of urea groups is 4. The highest BCUT2D eigenvalue weighted by molar-refractivity contribution is 6.34. The number of H-pyrrole nitrogens is 5. The van der Waals surface area contributed by atoms with Crippen LogP contribution in [-0.2, 0) is 10.3 Å². The van der Waals surface area contributed by atoms with Crippen molar-refractivity contribution in [3.8, 4) is 5.75 Å². The third-order valence-electron chi connectivity index (χ3n) is 31.5. The zero-order chi connectivity index (χ0) is 106. The first-order chi connectivity index (χ1) is 70.2. The molecule has 2 bridgehead atoms. The lowest BCUT2D eigenvalue weighted by Crippen LogP contribution is -2.48. The number of alkyl carbamates (subject to hydrolysis) is 1. The van der Waals surface area contributed by atoms with Gasteiger partial charge in [0, 0.05) is 145 Å². The summed E-state index contributed by atoms with van der Waals surface area (Å²) >= 11 is 37.6. The fourth-order valence-electron chi connectivity index (χ4n) is 22.6. The molecule has 4 atom stereocenters. The summed E-state index contributed by atoms with van der Waals surface area (Å²) in [7, 11) is 0. The van der Waals surface area contributed by atoms with Crippen molar-refractivity contribution < 1.29 is 72.2 Å². The third kappa shape index (κ3) is 25.3. The van der Waals surface area contributed by atoms with Gasteiger partial charge in [0.25, 0.3) is 0 Å². The Morgan fingerprint density at radius 1 is 0.412 bits per heavy atom. The second kappa shape index (κ2) is 46.7. The minimum absolute atomic E-state index is 0.0178. The smallest absolute Gasteiger partial charge is 0.415 e. The lowest BCUT2D eigenvalue weighted by Gasteiger charge is -2.50. The van der Waals surface area contributed by atoms with Crippen molar-refractivity contribution in [2.45, 2.75) is 209 Å². The summed E-state index contributed by atoms with van der Waals surface area (Å²) in [6.45, 7) is 27.1. The first kappa shape index (κ1) is 111. The summed E-state index contributed by atoms with van der Waals surface area (Å²) in [5.41, 5.74) is 8.68. The van der Waals surface area contributed by atoms with Crippen molar-refractivity contribution in [3.05, 3.63) is 227 Å². The molecule has 4 saturated heterocycles. The fourth-order valence-corrected chi connectivity index (χ4v) is 23.9. The molecule has 6 fully saturated rings. The van der Waals surface area contributed by atoms with E-state index >= 15 is 0 Å². The Bertz CT molecular complexity index is 6660. The highest BCUT2D eigenvalue weighted by Gasteiger charge is 2.52. The number of benzene rings is 8. The van der Waals surface area contributed by atoms with Crippen molar-refractivity contribution in [2.24, 2.45) is 57.2 Å². The molecule has 39 heteroatoms. The van der Waals surface area contributed by atoms with Crippen molar-refractivity contribution >= 4 is 171 Å². The number of aryl methyl sites for hydroxylation is 2. The van der Waals surface area contributed by atoms with Gasteiger partial charge < -0.3 is 70.6 Å². The number of likely N-dealkylation sites (tertiary alicyclic amines) is 4. The van der Waals surface area contributed by atoms with Gasteiger partial charge in [0.05, 0.1) is 112 Å². The Balaban J connectivity index is 0.000000140. The maximum Gasteiger partial charge on any atom is 0.415 e. The van der Waals surface area contributed by atoms with Gasteiger partial charge in [-0.05, 0) is 275 Å². The van der Waals surface area contributed by atoms with Crippen molar-refractivity contribution in [1.82, 2.24) is 75.9 Å². The van der Waals surface area contributed by atoms with E-state index in [1.165, 1.54) is 43.2 Å². The van der Waals surface area contributed by atoms with Crippen LogP contribution in [0, 0.1) is 76.8 Å². The van der Waals surface area contributed by atoms with Crippen LogP contribution in [0.4, 0.5) is 54.2 Å². The topological polar surface area (TPSA) is 409 Å². The summed E-state index contributed by atoms with van der Waals surface area (Å²) in [5.74, 6) is 1.07. The van der Waals surface area contributed by atoms with E-state index in [1.807, 2.05) is 109 Å². The first-order valence-electron chi connectivity index (χ1n) is 50.4. The van der Waals surface area contributed by atoms with E-state index in [2.05, 4.69) is 90.8 Å². The van der Waals surface area contributed by atoms with Crippen LogP contribution in [0.2, 0.25) is 30.1 Å². The Morgan fingerprint density at radius 3 is 1.06 bits per heavy atom. The van der Waals surface area contributed by atoms with Gasteiger partial charge in [-0.3, -0.25) is 25.5 Å². The normalized spacial score (nSPS) is 18.7. The zero-order valence-corrected chi connectivity index (χ0v) is 89.5. The predicted octanol–water partition coefficient (Wildman–Crippen LogP) is 25.9. The number of amides is 9. The standard InChI is InChI=1S/C25H29ClF2N4O3.C24H28Cl2N4O2.C24H28ClFN4O2.C20H27ClN4O4.C16H19ClN2O/c1-24(2,22(33)20-13-17(26)12-15-14-29-31-21(15)20)16-8-10-32(11-9-16)23(34)30-18-4-6-19(7-5-18)35-25(3,27)28;2*1-14-4-5-19(26)20(10-14)28-23(32)30-8-6-16(7-9-30)24(2,3)22(31)18-12-17(25)11-15-13-27-29-21(15)18;1-4-29-19(28)23-18(27)25-7-5-13(6-8-25)20(2,3)17(26)15-10-14(21)9-12-11-22-24-16(12)15;17-13-7-10-9-18-19-15(10)14(8-13)16(20)11-3-1-4-12(16)6-2-5-11/h4-7,12-14,16,22,33H,8-11H2,1-3H3,(H,29,31)(H,30,34);2*4-5,10-13,16,22,31H,6-9H2,1-3H3,(H,27,29)(H,28,32);9-11,13,17,26H,4-8H2,1-3H3,(H,22,24)(H,23,27,28);7-9,11-12,20H,1-6H2,(H,18,19). The van der Waals surface area contributed by atoms with Crippen molar-refractivity contribution in [2.75, 3.05) is 74.9 Å². The maximum absolute atomic E-state index is 14.0. The molecule has 792 valence electrons. The highest BCUT2D eigenvalue weighted by atomic mass is 35.5. The van der Waals surface area contributed by atoms with Crippen molar-refractivity contribution in [3.63, 3.8) is 0 Å².